The van der Waals surface area contributed by atoms with Gasteiger partial charge in [0.25, 0.3) is 0 Å². The van der Waals surface area contributed by atoms with E-state index in [1.807, 2.05) is 12.1 Å². The zero-order chi connectivity index (χ0) is 93.1. The van der Waals surface area contributed by atoms with Crippen LogP contribution in [-0.4, -0.2) is 50.9 Å². The smallest absolute Gasteiger partial charge is 0.335 e. The molecule has 658 valence electrons. The Balaban J connectivity index is 1.09. The third-order valence-electron chi connectivity index (χ3n) is 26.0. The quantitative estimate of drug-likeness (QED) is 0.100. The summed E-state index contributed by atoms with van der Waals surface area (Å²) in [5.74, 6) is 6.98. The van der Waals surface area contributed by atoms with Gasteiger partial charge in [-0.3, -0.25) is 0 Å². The normalized spacial score (nSPS) is 13.5. The fourth-order valence-corrected chi connectivity index (χ4v) is 17.6. The van der Waals surface area contributed by atoms with Crippen LogP contribution in [0.5, 0.6) is 0 Å². The topological polar surface area (TPSA) is 152 Å². The summed E-state index contributed by atoms with van der Waals surface area (Å²) in [5, 5.41) is 10.3. The zero-order valence-electron chi connectivity index (χ0n) is 81.9. The van der Waals surface area contributed by atoms with Crippen LogP contribution in [0.15, 0.2) is 164 Å². The lowest BCUT2D eigenvalue weighted by Gasteiger charge is -2.26. The molecule has 0 radical (unpaired) electrons. The molecule has 10 nitrogen and oxygen atoms in total. The Hall–Kier alpha value is -12.5. The number of carboxylic acid groups (broad SMARTS) is 1. The van der Waals surface area contributed by atoms with Crippen molar-refractivity contribution in [1.82, 2.24) is 39.9 Å². The van der Waals surface area contributed by atoms with Gasteiger partial charge in [-0.1, -0.05) is 323 Å². The molecule has 0 atom stereocenters. The summed E-state index contributed by atoms with van der Waals surface area (Å²) in [6.45, 7) is 68.9. The van der Waals surface area contributed by atoms with Gasteiger partial charge in [0.2, 0.25) is 0 Å². The number of nitrogens with one attached hydrogen (secondary N) is 4. The standard InChI is InChI=1S/C119H130N8O2/c1-110(2,3)75-53-70(54-76(63-75)111(4,5)6)104-93-41-37-87(120-93)85(88-38-42-94(121-88)105(71-55-77(112(7,8)9)64-78(56-71)113(10,11)12)98-48-46-92(125-98)103(91-45-47-97(104)124-91)68-31-33-69(34-32-68)109(128)129)35-36-86-89-39-43-95(122-89)106(72-57-79(114(13,14)15)65-80(58-72)115(16,17)18)99-49-51-101(126-99)108(74-61-83(118(25,26)27)67-84(62-74)119(28,29)30)102-52-50-100(127-102)107(96-44-40-90(86)123-96)73-59-81(116(19,20)21)66-82(60-73)117(22,23)24/h31-34,37-67,120,122,125,127H,1-30H3,(H,128,129). The lowest BCUT2D eigenvalue weighted by atomic mass is 9.78. The van der Waals surface area contributed by atoms with Crippen molar-refractivity contribution in [3.8, 4) is 78.6 Å². The highest BCUT2D eigenvalue weighted by Crippen LogP contribution is 2.48. The number of aromatic nitrogens is 8. The second kappa shape index (κ2) is 31.7. The molecule has 0 fully saturated rings. The molecule has 10 heteroatoms. The number of hydrogen-bond acceptors (Lipinski definition) is 5. The molecule has 0 unspecified atom stereocenters. The SMILES string of the molecule is CC(C)(C)c1cc(-c2c3nc(c(-c4ccc(C(=O)O)cc4)c4ccc([nH]4)c(-c4cc(C(C)(C)C)cc(C(C)(C)C)c4)c4nc(c(C#Cc5c6nc(c(-c7cc(C(C)(C)C)cc(C(C)(C)C)c7)c7ccc([nH]7)c(-c7cc(C(C)(C)C)cc(C(C)(C)C)c7)c7nc(c(-c8cc(C(C)(C)C)cc(C(C)(C)C)c8)c8ccc5[nH]8)C=C7)C=C6)c5ccc2[nH]5)C=C4)C=C3)cc(C(C)(C)C)c1. The molecule has 4 aliphatic rings. The van der Waals surface area contributed by atoms with Crippen LogP contribution < -0.4 is 0 Å². The highest BCUT2D eigenvalue weighted by molar-refractivity contribution is 6.02. The van der Waals surface area contributed by atoms with Crippen LogP contribution in [0.25, 0.3) is 160 Å². The minimum Gasteiger partial charge on any atom is -0.478 e. The number of rotatable bonds is 7. The van der Waals surface area contributed by atoms with Gasteiger partial charge in [-0.2, -0.15) is 0 Å². The summed E-state index contributed by atoms with van der Waals surface area (Å²) in [7, 11) is 0. The van der Waals surface area contributed by atoms with Crippen LogP contribution in [0.3, 0.4) is 0 Å². The van der Waals surface area contributed by atoms with Gasteiger partial charge in [-0.05, 0) is 252 Å². The Morgan fingerprint density at radius 1 is 0.217 bits per heavy atom. The number of aromatic carboxylic acids is 1. The van der Waals surface area contributed by atoms with Crippen molar-refractivity contribution >= 4 is 98.7 Å². The van der Waals surface area contributed by atoms with Crippen molar-refractivity contribution in [3.63, 3.8) is 0 Å². The summed E-state index contributed by atoms with van der Waals surface area (Å²) < 4.78 is 0. The average Bonchev–Trinajstić information content (AvgIpc) is 1.43. The van der Waals surface area contributed by atoms with Gasteiger partial charge < -0.3 is 25.0 Å². The molecule has 16 rings (SSSR count). The van der Waals surface area contributed by atoms with Crippen LogP contribution in [0.4, 0.5) is 0 Å². The van der Waals surface area contributed by atoms with E-state index < -0.39 is 5.97 Å². The number of carbonyl (C=O) groups is 1. The Labute approximate surface area is 765 Å². The Bertz CT molecular complexity index is 6880. The Morgan fingerprint density at radius 2 is 0.380 bits per heavy atom. The fraction of sp³-hybridized carbons (Fsp3) is 0.336. The van der Waals surface area contributed by atoms with Crippen LogP contribution in [-0.2, 0) is 54.1 Å². The third-order valence-corrected chi connectivity index (χ3v) is 26.0. The first-order valence-corrected chi connectivity index (χ1v) is 46.0. The van der Waals surface area contributed by atoms with Gasteiger partial charge >= 0.3 is 5.97 Å². The number of aromatic amines is 4. The first kappa shape index (κ1) is 89.9. The van der Waals surface area contributed by atoms with Crippen molar-refractivity contribution in [2.24, 2.45) is 0 Å². The molecular formula is C119H130N8O2. The summed E-state index contributed by atoms with van der Waals surface area (Å²) in [4.78, 5) is 52.6. The lowest BCUT2D eigenvalue weighted by Crippen LogP contribution is -2.16. The Morgan fingerprint density at radius 3 is 0.566 bits per heavy atom. The van der Waals surface area contributed by atoms with Crippen molar-refractivity contribution in [1.29, 1.82) is 0 Å². The van der Waals surface area contributed by atoms with Crippen LogP contribution in [0.2, 0.25) is 0 Å². The van der Waals surface area contributed by atoms with Gasteiger partial charge in [0, 0.05) is 66.5 Å². The average molecular weight is 1700 g/mol. The summed E-state index contributed by atoms with van der Waals surface area (Å²) >= 11 is 0. The molecule has 0 saturated heterocycles. The first-order chi connectivity index (χ1) is 60.0. The number of benzene rings is 6. The van der Waals surface area contributed by atoms with E-state index in [4.69, 9.17) is 19.9 Å². The number of fused-ring (bicyclic) bond motifs is 16. The van der Waals surface area contributed by atoms with E-state index in [1.54, 1.807) is 12.1 Å². The summed E-state index contributed by atoms with van der Waals surface area (Å²) in [6, 6.07) is 60.3. The second-order valence-electron chi connectivity index (χ2n) is 46.6. The van der Waals surface area contributed by atoms with Crippen LogP contribution in [0, 0.1) is 11.8 Å². The molecule has 4 aliphatic heterocycles. The molecule has 0 spiro atoms. The van der Waals surface area contributed by atoms with Gasteiger partial charge in [-0.25, -0.2) is 24.7 Å². The summed E-state index contributed by atoms with van der Waals surface area (Å²) in [6.07, 6.45) is 17.3. The van der Waals surface area contributed by atoms with E-state index in [2.05, 4.69) is 428 Å². The van der Waals surface area contributed by atoms with Gasteiger partial charge in [-0.15, -0.1) is 0 Å². The Kier molecular flexibility index (Phi) is 22.1. The largest absolute Gasteiger partial charge is 0.478 e. The molecule has 0 saturated carbocycles. The van der Waals surface area contributed by atoms with Crippen molar-refractivity contribution in [2.75, 3.05) is 0 Å². The van der Waals surface area contributed by atoms with E-state index in [0.29, 0.717) is 28.2 Å². The molecule has 6 aromatic heterocycles. The molecule has 0 amide bonds. The number of carboxylic acids is 1. The highest BCUT2D eigenvalue weighted by Gasteiger charge is 2.32. The number of hydrogen-bond donors (Lipinski definition) is 5. The van der Waals surface area contributed by atoms with Crippen molar-refractivity contribution in [3.05, 3.63) is 282 Å². The van der Waals surface area contributed by atoms with Gasteiger partial charge in [0.05, 0.1) is 73.3 Å². The zero-order valence-corrected chi connectivity index (χ0v) is 81.9. The van der Waals surface area contributed by atoms with Crippen molar-refractivity contribution < 1.29 is 9.90 Å². The molecule has 129 heavy (non-hydrogen) atoms. The molecule has 0 aliphatic carbocycles. The number of H-pyrrole nitrogens is 4. The maximum Gasteiger partial charge on any atom is 0.335 e. The molecule has 16 bridgehead atoms. The van der Waals surface area contributed by atoms with Gasteiger partial charge in [0.1, 0.15) is 0 Å². The van der Waals surface area contributed by atoms with Crippen LogP contribution in [0.1, 0.15) is 330 Å². The third kappa shape index (κ3) is 18.1. The molecule has 12 aromatic rings. The molecule has 6 aromatic carbocycles. The van der Waals surface area contributed by atoms with Crippen molar-refractivity contribution in [2.45, 2.75) is 262 Å². The van der Waals surface area contributed by atoms with E-state index in [9.17, 15) is 9.90 Å². The monoisotopic (exact) mass is 1700 g/mol. The predicted octanol–water partition coefficient (Wildman–Crippen LogP) is 31.7. The first-order valence-electron chi connectivity index (χ1n) is 46.0. The maximum atomic E-state index is 12.6. The van der Waals surface area contributed by atoms with E-state index in [0.717, 1.165) is 139 Å². The van der Waals surface area contributed by atoms with E-state index in [1.165, 1.54) is 55.6 Å². The highest BCUT2D eigenvalue weighted by atomic mass is 16.4. The number of nitrogens with zero attached hydrogens (tertiary/aromatic N) is 4. The van der Waals surface area contributed by atoms with Crippen LogP contribution >= 0.6 is 0 Å². The van der Waals surface area contributed by atoms with Gasteiger partial charge in [0.15, 0.2) is 0 Å². The minimum absolute atomic E-state index is 0.171. The molecule has 5 N–H and O–H groups in total. The van der Waals surface area contributed by atoms with E-state index >= 15 is 0 Å². The molecular weight excluding hydrogens is 1570 g/mol. The maximum absolute atomic E-state index is 12.6. The fourth-order valence-electron chi connectivity index (χ4n) is 17.6. The second-order valence-corrected chi connectivity index (χ2v) is 46.6. The van der Waals surface area contributed by atoms with E-state index in [-0.39, 0.29) is 59.7 Å². The molecule has 10 heterocycles. The minimum atomic E-state index is -0.996. The summed E-state index contributed by atoms with van der Waals surface area (Å²) in [5.41, 5.74) is 36.0. The predicted molar refractivity (Wildman–Crippen MR) is 550 cm³/mol. The lowest BCUT2D eigenvalue weighted by molar-refractivity contribution is 0.0696.